The number of amides is 4. The number of rotatable bonds is 14. The zero-order chi connectivity index (χ0) is 49.1. The number of nitrogens with one attached hydrogen (secondary N) is 4. The third-order valence-electron chi connectivity index (χ3n) is 13.0. The van der Waals surface area contributed by atoms with E-state index in [4.69, 9.17) is 34.1 Å². The van der Waals surface area contributed by atoms with Gasteiger partial charge in [0.2, 0.25) is 17.7 Å². The lowest BCUT2D eigenvalue weighted by molar-refractivity contribution is -0.136. The molecule has 4 aromatic heterocycles. The van der Waals surface area contributed by atoms with Crippen LogP contribution in [0.5, 0.6) is 5.88 Å². The minimum absolute atomic E-state index is 0.122. The van der Waals surface area contributed by atoms with E-state index in [9.17, 15) is 19.2 Å². The summed E-state index contributed by atoms with van der Waals surface area (Å²) in [4.78, 5) is 83.5. The molecular formula is C52H56N10O7S. The van der Waals surface area contributed by atoms with E-state index in [1.54, 1.807) is 21.1 Å². The van der Waals surface area contributed by atoms with Crippen molar-refractivity contribution in [2.75, 3.05) is 27.3 Å². The zero-order valence-electron chi connectivity index (χ0n) is 39.8. The number of fused-ring (bicyclic) bond motifs is 1. The first-order valence-corrected chi connectivity index (χ1v) is 24.4. The number of hydrogen-bond acceptors (Lipinski definition) is 12. The summed E-state index contributed by atoms with van der Waals surface area (Å²) in [7, 11) is 2.56. The molecule has 0 radical (unpaired) electrons. The van der Waals surface area contributed by atoms with Gasteiger partial charge in [0, 0.05) is 36.5 Å². The number of nitrogens with zero attached hydrogens (tertiary/aromatic N) is 6. The van der Waals surface area contributed by atoms with Crippen molar-refractivity contribution in [2.45, 2.75) is 77.2 Å². The number of ether oxygens (including phenoxy) is 3. The molecular weight excluding hydrogens is 909 g/mol. The lowest BCUT2D eigenvalue weighted by Gasteiger charge is -2.29. The first kappa shape index (κ1) is 47.5. The molecule has 4 amide bonds. The number of imidazole rings is 2. The highest BCUT2D eigenvalue weighted by atomic mass is 32.1. The van der Waals surface area contributed by atoms with Gasteiger partial charge in [-0.1, -0.05) is 94.4 Å². The molecule has 7 aromatic rings. The fraction of sp³-hybridized carbons (Fsp3) is 0.346. The standard InChI is InChI=1S/C52H56N10O7S/c1-29(2)43(59-51(65)67-5)49(63)61-23-9-13-40(61)46-53-26-38(56-46)33-19-15-31(16-20-33)32-17-21-34(22-18-32)39-27-54-47(57-39)41-25-35(28-62(41)50(64)44(30(3)4)60-52(66)68-6)69-48-45(42-14-10-24-70-42)55-36-11-7-8-12-37(36)58-48/h7-8,10-12,14-22,24,26-27,29-30,35,40-41,43-44H,9,13,23,25,28H2,1-6H3,(H,53,56)(H,54,57)(H,59,65)(H,60,66)/t35-,40-,41-,43-,44?/m0/s1. The van der Waals surface area contributed by atoms with Crippen molar-refractivity contribution in [3.05, 3.63) is 114 Å². The summed E-state index contributed by atoms with van der Waals surface area (Å²) < 4.78 is 16.4. The summed E-state index contributed by atoms with van der Waals surface area (Å²) in [5.41, 5.74) is 7.39. The number of methoxy groups -OCH3 is 2. The molecule has 9 rings (SSSR count). The Bertz CT molecular complexity index is 2970. The van der Waals surface area contributed by atoms with Gasteiger partial charge in [-0.15, -0.1) is 11.3 Å². The van der Waals surface area contributed by atoms with Crippen molar-refractivity contribution < 1.29 is 33.4 Å². The highest BCUT2D eigenvalue weighted by Crippen LogP contribution is 2.39. The number of thiophene rings is 1. The Morgan fingerprint density at radius 1 is 0.657 bits per heavy atom. The molecule has 18 heteroatoms. The van der Waals surface area contributed by atoms with Gasteiger partial charge in [0.1, 0.15) is 35.5 Å². The summed E-state index contributed by atoms with van der Waals surface area (Å²) in [6, 6.07) is 25.6. The van der Waals surface area contributed by atoms with Crippen molar-refractivity contribution in [1.29, 1.82) is 0 Å². The maximum Gasteiger partial charge on any atom is 0.407 e. The highest BCUT2D eigenvalue weighted by molar-refractivity contribution is 7.13. The molecule has 6 heterocycles. The Labute approximate surface area is 409 Å². The normalized spacial score (nSPS) is 17.7. The van der Waals surface area contributed by atoms with Crippen LogP contribution in [0.25, 0.3) is 55.2 Å². The first-order valence-electron chi connectivity index (χ1n) is 23.5. The largest absolute Gasteiger partial charge is 0.471 e. The smallest absolute Gasteiger partial charge is 0.407 e. The Hall–Kier alpha value is -7.60. The number of likely N-dealkylation sites (tertiary alicyclic amines) is 2. The van der Waals surface area contributed by atoms with Gasteiger partial charge in [0.15, 0.2) is 0 Å². The molecule has 17 nitrogen and oxygen atoms in total. The van der Waals surface area contributed by atoms with Gasteiger partial charge >= 0.3 is 12.2 Å². The minimum Gasteiger partial charge on any atom is -0.471 e. The summed E-state index contributed by atoms with van der Waals surface area (Å²) in [5.74, 6) is 0.880. The Kier molecular flexibility index (Phi) is 13.9. The van der Waals surface area contributed by atoms with Crippen LogP contribution in [0.2, 0.25) is 0 Å². The number of benzene rings is 3. The van der Waals surface area contributed by atoms with Gasteiger partial charge in [0.25, 0.3) is 0 Å². The lowest BCUT2D eigenvalue weighted by atomic mass is 10.0. The van der Waals surface area contributed by atoms with E-state index >= 15 is 0 Å². The van der Waals surface area contributed by atoms with Gasteiger partial charge in [-0.2, -0.15) is 0 Å². The maximum atomic E-state index is 14.5. The maximum absolute atomic E-state index is 14.5. The SMILES string of the molecule is COC(=O)NC(C(=O)N1C[C@@H](Oc2nc3ccccc3nc2-c2cccs2)C[C@H]1c1nc(-c2ccc(-c3ccc(-c4c[nH]c([C@@H]5CCCN5C(=O)[C@@H](NC(=O)OC)C(C)C)n4)cc3)cc2)c[nH]1)C(C)C. The van der Waals surface area contributed by atoms with Gasteiger partial charge in [-0.25, -0.2) is 29.5 Å². The number of aromatic nitrogens is 6. The molecule has 0 aliphatic carbocycles. The predicted octanol–water partition coefficient (Wildman–Crippen LogP) is 8.95. The van der Waals surface area contributed by atoms with E-state index in [1.807, 2.05) is 118 Å². The Balaban J connectivity index is 0.914. The second-order valence-corrected chi connectivity index (χ2v) is 19.2. The van der Waals surface area contributed by atoms with Gasteiger partial charge in [-0.05, 0) is 59.4 Å². The molecule has 2 aliphatic rings. The molecule has 2 saturated heterocycles. The van der Waals surface area contributed by atoms with Crippen LogP contribution in [-0.4, -0.2) is 109 Å². The lowest BCUT2D eigenvalue weighted by Crippen LogP contribution is -2.51. The molecule has 1 unspecified atom stereocenters. The monoisotopic (exact) mass is 964 g/mol. The van der Waals surface area contributed by atoms with Crippen molar-refractivity contribution in [1.82, 2.24) is 50.3 Å². The topological polar surface area (TPSA) is 210 Å². The molecule has 362 valence electrons. The highest BCUT2D eigenvalue weighted by Gasteiger charge is 2.43. The van der Waals surface area contributed by atoms with E-state index in [0.29, 0.717) is 47.4 Å². The predicted molar refractivity (Wildman–Crippen MR) is 265 cm³/mol. The molecule has 5 atom stereocenters. The third-order valence-corrected chi connectivity index (χ3v) is 13.8. The van der Waals surface area contributed by atoms with E-state index in [2.05, 4.69) is 32.7 Å². The van der Waals surface area contributed by atoms with Crippen molar-refractivity contribution in [3.8, 4) is 50.1 Å². The number of aromatic amines is 2. The van der Waals surface area contributed by atoms with Crippen LogP contribution in [0.4, 0.5) is 9.59 Å². The van der Waals surface area contributed by atoms with Crippen molar-refractivity contribution in [3.63, 3.8) is 0 Å². The number of carbonyl (C=O) groups excluding carboxylic acids is 4. The number of para-hydroxylation sites is 2. The van der Waals surface area contributed by atoms with Crippen LogP contribution < -0.4 is 15.4 Å². The van der Waals surface area contributed by atoms with E-state index in [0.717, 1.165) is 51.2 Å². The van der Waals surface area contributed by atoms with E-state index in [-0.39, 0.29) is 36.2 Å². The molecule has 2 fully saturated rings. The van der Waals surface area contributed by atoms with E-state index < -0.39 is 36.4 Å². The van der Waals surface area contributed by atoms with Crippen molar-refractivity contribution in [2.24, 2.45) is 11.8 Å². The Morgan fingerprint density at radius 3 is 1.71 bits per heavy atom. The third kappa shape index (κ3) is 9.94. The molecule has 0 saturated carbocycles. The van der Waals surface area contributed by atoms with Crippen LogP contribution in [0.1, 0.15) is 70.7 Å². The van der Waals surface area contributed by atoms with Crippen LogP contribution in [-0.2, 0) is 19.1 Å². The average Bonchev–Trinajstić information content (AvgIpc) is 4.24. The fourth-order valence-electron chi connectivity index (χ4n) is 9.23. The quantitative estimate of drug-likeness (QED) is 0.0809. The van der Waals surface area contributed by atoms with Crippen LogP contribution >= 0.6 is 11.3 Å². The summed E-state index contributed by atoms with van der Waals surface area (Å²) in [6.45, 7) is 8.34. The molecule has 0 bridgehead atoms. The fourth-order valence-corrected chi connectivity index (χ4v) is 9.94. The minimum atomic E-state index is -0.856. The second kappa shape index (κ2) is 20.6. The van der Waals surface area contributed by atoms with Crippen LogP contribution in [0.15, 0.2) is 103 Å². The number of hydrogen-bond donors (Lipinski definition) is 4. The average molecular weight is 965 g/mol. The number of H-pyrrole nitrogens is 2. The second-order valence-electron chi connectivity index (χ2n) is 18.2. The van der Waals surface area contributed by atoms with Gasteiger partial charge in [0.05, 0.1) is 60.1 Å². The molecule has 4 N–H and O–H groups in total. The van der Waals surface area contributed by atoms with Gasteiger partial charge in [-0.3, -0.25) is 9.59 Å². The number of carbonyl (C=O) groups is 4. The van der Waals surface area contributed by atoms with Gasteiger partial charge < -0.3 is 44.6 Å². The Morgan fingerprint density at radius 2 is 1.19 bits per heavy atom. The van der Waals surface area contributed by atoms with Crippen LogP contribution in [0, 0.1) is 11.8 Å². The summed E-state index contributed by atoms with van der Waals surface area (Å²) in [5, 5.41) is 7.42. The zero-order valence-corrected chi connectivity index (χ0v) is 40.7. The summed E-state index contributed by atoms with van der Waals surface area (Å²) >= 11 is 1.54. The molecule has 3 aromatic carbocycles. The number of alkyl carbamates (subject to hydrolysis) is 2. The molecule has 0 spiro atoms. The first-order chi connectivity index (χ1) is 33.9. The molecule has 2 aliphatic heterocycles. The molecule has 70 heavy (non-hydrogen) atoms. The van der Waals surface area contributed by atoms with Crippen LogP contribution in [0.3, 0.4) is 0 Å². The van der Waals surface area contributed by atoms with Crippen molar-refractivity contribution >= 4 is 46.4 Å². The van der Waals surface area contributed by atoms with E-state index in [1.165, 1.54) is 14.2 Å². The summed E-state index contributed by atoms with van der Waals surface area (Å²) in [6.07, 6.45) is 3.90.